The number of benzene rings is 2. The number of furan rings is 1. The molecule has 0 spiro atoms. The average molecular weight is 404 g/mol. The lowest BCUT2D eigenvalue weighted by molar-refractivity contribution is 0.0648. The summed E-state index contributed by atoms with van der Waals surface area (Å²) in [4.78, 5) is 15.2. The lowest BCUT2D eigenvalue weighted by Gasteiger charge is -2.38. The number of ether oxygens (including phenoxy) is 2. The molecule has 5 rings (SSSR count). The molecule has 154 valence electrons. The summed E-state index contributed by atoms with van der Waals surface area (Å²) in [6.45, 7) is 4.91. The number of nitrogens with zero attached hydrogens (tertiary/aromatic N) is 1. The van der Waals surface area contributed by atoms with Gasteiger partial charge < -0.3 is 24.1 Å². The Morgan fingerprint density at radius 2 is 2.07 bits per heavy atom. The molecule has 1 N–H and O–H groups in total. The Morgan fingerprint density at radius 1 is 1.20 bits per heavy atom. The zero-order valence-corrected chi connectivity index (χ0v) is 17.1. The predicted molar refractivity (Wildman–Crippen MR) is 113 cm³/mol. The smallest absolute Gasteiger partial charge is 0.258 e. The van der Waals surface area contributed by atoms with Gasteiger partial charge >= 0.3 is 0 Å². The van der Waals surface area contributed by atoms with E-state index in [1.54, 1.807) is 11.2 Å². The van der Waals surface area contributed by atoms with Gasteiger partial charge in [0.1, 0.15) is 29.5 Å². The van der Waals surface area contributed by atoms with E-state index in [4.69, 9.17) is 13.9 Å². The van der Waals surface area contributed by atoms with Crippen LogP contribution in [0, 0.1) is 0 Å². The van der Waals surface area contributed by atoms with E-state index in [0.29, 0.717) is 18.7 Å². The fraction of sp³-hybridized carbons (Fsp3) is 0.292. The molecule has 1 amide bonds. The van der Waals surface area contributed by atoms with Crippen molar-refractivity contribution in [2.75, 3.05) is 11.9 Å². The highest BCUT2D eigenvalue weighted by atomic mass is 16.5. The molecule has 3 heterocycles. The molecule has 2 aromatic carbocycles. The molecular formula is C24H24N2O4. The number of para-hydroxylation sites is 1. The van der Waals surface area contributed by atoms with Crippen LogP contribution in [0.2, 0.25) is 0 Å². The van der Waals surface area contributed by atoms with Crippen LogP contribution in [0.4, 0.5) is 5.69 Å². The van der Waals surface area contributed by atoms with Crippen molar-refractivity contribution in [3.8, 4) is 11.5 Å². The first-order valence-corrected chi connectivity index (χ1v) is 10.3. The van der Waals surface area contributed by atoms with E-state index in [2.05, 4.69) is 18.3 Å². The third kappa shape index (κ3) is 3.18. The summed E-state index contributed by atoms with van der Waals surface area (Å²) in [6.07, 6.45) is 2.19. The van der Waals surface area contributed by atoms with Crippen LogP contribution in [-0.4, -0.2) is 23.5 Å². The average Bonchev–Trinajstić information content (AvgIpc) is 3.38. The molecule has 6 heteroatoms. The third-order valence-electron chi connectivity index (χ3n) is 5.55. The van der Waals surface area contributed by atoms with Crippen molar-refractivity contribution in [1.82, 2.24) is 4.90 Å². The number of amides is 1. The van der Waals surface area contributed by atoms with Crippen LogP contribution in [0.5, 0.6) is 11.5 Å². The summed E-state index contributed by atoms with van der Waals surface area (Å²) in [5.41, 5.74) is 3.46. The minimum Gasteiger partial charge on any atom is -0.493 e. The largest absolute Gasteiger partial charge is 0.493 e. The molecule has 1 aromatic heterocycles. The van der Waals surface area contributed by atoms with Gasteiger partial charge in [-0.2, -0.15) is 0 Å². The van der Waals surface area contributed by atoms with Gasteiger partial charge in [-0.25, -0.2) is 0 Å². The molecule has 0 saturated heterocycles. The molecule has 2 unspecified atom stereocenters. The molecule has 3 aromatic rings. The topological polar surface area (TPSA) is 63.9 Å². The van der Waals surface area contributed by atoms with E-state index in [-0.39, 0.29) is 12.0 Å². The highest BCUT2D eigenvalue weighted by molar-refractivity contribution is 6.01. The normalized spacial score (nSPS) is 19.7. The van der Waals surface area contributed by atoms with Gasteiger partial charge in [0, 0.05) is 23.2 Å². The number of nitrogens with one attached hydrogen (secondary N) is 1. The first-order valence-electron chi connectivity index (χ1n) is 10.3. The zero-order valence-electron chi connectivity index (χ0n) is 17.1. The summed E-state index contributed by atoms with van der Waals surface area (Å²) < 4.78 is 17.5. The Hall–Kier alpha value is -3.41. The molecule has 0 aliphatic carbocycles. The van der Waals surface area contributed by atoms with Crippen molar-refractivity contribution >= 4 is 11.6 Å². The van der Waals surface area contributed by atoms with Gasteiger partial charge in [0.05, 0.1) is 25.0 Å². The molecule has 30 heavy (non-hydrogen) atoms. The van der Waals surface area contributed by atoms with E-state index in [1.165, 1.54) is 0 Å². The summed E-state index contributed by atoms with van der Waals surface area (Å²) in [5.74, 6) is 2.29. The Labute approximate surface area is 175 Å². The molecule has 6 nitrogen and oxygen atoms in total. The maximum Gasteiger partial charge on any atom is 0.258 e. The van der Waals surface area contributed by atoms with Crippen LogP contribution < -0.4 is 14.8 Å². The molecule has 0 saturated carbocycles. The number of anilines is 1. The van der Waals surface area contributed by atoms with Gasteiger partial charge in [0.25, 0.3) is 5.91 Å². The third-order valence-corrected chi connectivity index (χ3v) is 5.55. The minimum absolute atomic E-state index is 0.0528. The molecular weight excluding hydrogens is 380 g/mol. The number of hydrogen-bond donors (Lipinski definition) is 1. The standard InChI is InChI=1S/C24H24N2O4/c1-3-28-22-12-16-11-15(2)30-21(16)13-19(22)23-25-20-9-5-4-8-18(20)24(27)26(23)14-17-7-6-10-29-17/h4-10,12-13,15,23,25H,3,11,14H2,1-2H3. The summed E-state index contributed by atoms with van der Waals surface area (Å²) in [5, 5.41) is 3.54. The number of carbonyl (C=O) groups excluding carboxylic acids is 1. The quantitative estimate of drug-likeness (QED) is 0.664. The van der Waals surface area contributed by atoms with E-state index < -0.39 is 6.17 Å². The van der Waals surface area contributed by atoms with E-state index in [0.717, 1.165) is 40.5 Å². The second kappa shape index (κ2) is 7.44. The first-order chi connectivity index (χ1) is 14.6. The second-order valence-corrected chi connectivity index (χ2v) is 7.67. The highest BCUT2D eigenvalue weighted by Gasteiger charge is 2.36. The van der Waals surface area contributed by atoms with E-state index >= 15 is 0 Å². The van der Waals surface area contributed by atoms with Crippen molar-refractivity contribution in [2.24, 2.45) is 0 Å². The van der Waals surface area contributed by atoms with Gasteiger partial charge in [0.2, 0.25) is 0 Å². The number of carbonyl (C=O) groups is 1. The molecule has 0 fully saturated rings. The van der Waals surface area contributed by atoms with Crippen molar-refractivity contribution in [3.63, 3.8) is 0 Å². The first kappa shape index (κ1) is 18.6. The highest BCUT2D eigenvalue weighted by Crippen LogP contribution is 2.42. The van der Waals surface area contributed by atoms with Gasteiger partial charge in [0.15, 0.2) is 0 Å². The Balaban J connectivity index is 1.62. The summed E-state index contributed by atoms with van der Waals surface area (Å²) in [6, 6.07) is 15.3. The van der Waals surface area contributed by atoms with Crippen LogP contribution in [0.3, 0.4) is 0 Å². The maximum absolute atomic E-state index is 13.5. The van der Waals surface area contributed by atoms with Gasteiger partial charge in [-0.3, -0.25) is 4.79 Å². The van der Waals surface area contributed by atoms with Crippen LogP contribution >= 0.6 is 0 Å². The fourth-order valence-electron chi connectivity index (χ4n) is 4.22. The Bertz CT molecular complexity index is 1080. The zero-order chi connectivity index (χ0) is 20.7. The molecule has 2 aliphatic heterocycles. The fourth-order valence-corrected chi connectivity index (χ4v) is 4.22. The minimum atomic E-state index is -0.413. The number of hydrogen-bond acceptors (Lipinski definition) is 5. The molecule has 0 bridgehead atoms. The van der Waals surface area contributed by atoms with Crippen molar-refractivity contribution in [3.05, 3.63) is 77.2 Å². The summed E-state index contributed by atoms with van der Waals surface area (Å²) in [7, 11) is 0. The van der Waals surface area contributed by atoms with Crippen LogP contribution in [0.1, 0.15) is 47.3 Å². The van der Waals surface area contributed by atoms with Crippen molar-refractivity contribution in [1.29, 1.82) is 0 Å². The molecule has 0 radical (unpaired) electrons. The summed E-state index contributed by atoms with van der Waals surface area (Å²) >= 11 is 0. The monoisotopic (exact) mass is 404 g/mol. The van der Waals surface area contributed by atoms with Crippen molar-refractivity contribution in [2.45, 2.75) is 39.1 Å². The Morgan fingerprint density at radius 3 is 2.87 bits per heavy atom. The SMILES string of the molecule is CCOc1cc2c(cc1C1Nc3ccccc3C(=O)N1Cc1ccco1)OC(C)C2. The maximum atomic E-state index is 13.5. The van der Waals surface area contributed by atoms with Gasteiger partial charge in [-0.15, -0.1) is 0 Å². The van der Waals surface area contributed by atoms with Crippen LogP contribution in [0.25, 0.3) is 0 Å². The lowest BCUT2D eigenvalue weighted by atomic mass is 10.00. The Kier molecular flexibility index (Phi) is 4.62. The molecule has 2 atom stereocenters. The van der Waals surface area contributed by atoms with Crippen LogP contribution in [-0.2, 0) is 13.0 Å². The van der Waals surface area contributed by atoms with Crippen LogP contribution in [0.15, 0.2) is 59.2 Å². The van der Waals surface area contributed by atoms with Gasteiger partial charge in [-0.05, 0) is 50.2 Å². The number of rotatable bonds is 5. The van der Waals surface area contributed by atoms with E-state index in [9.17, 15) is 4.79 Å². The van der Waals surface area contributed by atoms with Crippen molar-refractivity contribution < 1.29 is 18.7 Å². The lowest BCUT2D eigenvalue weighted by Crippen LogP contribution is -2.42. The second-order valence-electron chi connectivity index (χ2n) is 7.67. The molecule has 2 aliphatic rings. The van der Waals surface area contributed by atoms with E-state index in [1.807, 2.05) is 49.4 Å². The predicted octanol–water partition coefficient (Wildman–Crippen LogP) is 4.77. The number of fused-ring (bicyclic) bond motifs is 2. The van der Waals surface area contributed by atoms with Gasteiger partial charge in [-0.1, -0.05) is 12.1 Å².